The zero-order valence-electron chi connectivity index (χ0n) is 14.7. The molecule has 2 aromatic rings. The molecule has 8 heteroatoms. The average molecular weight is 364 g/mol. The van der Waals surface area contributed by atoms with Gasteiger partial charge in [-0.15, -0.1) is 10.2 Å². The van der Waals surface area contributed by atoms with Crippen molar-refractivity contribution in [2.24, 2.45) is 0 Å². The topological polar surface area (TPSA) is 79.5 Å². The molecule has 0 saturated carbocycles. The van der Waals surface area contributed by atoms with E-state index in [4.69, 9.17) is 4.42 Å². The number of hydrogen-bond acceptors (Lipinski definition) is 6. The number of benzene rings is 1. The first kappa shape index (κ1) is 18.0. The minimum Gasteiger partial charge on any atom is -0.424 e. The van der Waals surface area contributed by atoms with Crippen LogP contribution < -0.4 is 0 Å². The Balaban J connectivity index is 1.65. The number of aryl methyl sites for hydroxylation is 2. The number of nitrogens with zero attached hydrogens (tertiary/aromatic N) is 4. The van der Waals surface area contributed by atoms with Crippen LogP contribution in [0.5, 0.6) is 0 Å². The molecule has 3 rings (SSSR count). The van der Waals surface area contributed by atoms with E-state index in [0.29, 0.717) is 42.9 Å². The van der Waals surface area contributed by atoms with Gasteiger partial charge in [-0.05, 0) is 32.0 Å². The quantitative estimate of drug-likeness (QED) is 0.805. The van der Waals surface area contributed by atoms with Crippen molar-refractivity contribution in [2.45, 2.75) is 38.1 Å². The zero-order chi connectivity index (χ0) is 17.9. The van der Waals surface area contributed by atoms with Crippen LogP contribution in [0.15, 0.2) is 33.6 Å². The van der Waals surface area contributed by atoms with Gasteiger partial charge in [0.25, 0.3) is 0 Å². The van der Waals surface area contributed by atoms with E-state index in [1.807, 2.05) is 26.0 Å². The van der Waals surface area contributed by atoms with Crippen LogP contribution in [-0.2, 0) is 23.0 Å². The van der Waals surface area contributed by atoms with Gasteiger partial charge in [-0.3, -0.25) is 4.90 Å². The number of rotatable bonds is 5. The van der Waals surface area contributed by atoms with Crippen molar-refractivity contribution in [3.05, 3.63) is 41.6 Å². The molecule has 0 atom stereocenters. The number of aromatic nitrogens is 2. The SMILES string of the molecule is CCc1nnc(CN2CCCN(S(=O)(=O)c3ccc(C)cc3)CC2)o1. The molecule has 1 aliphatic heterocycles. The molecule has 0 radical (unpaired) electrons. The largest absolute Gasteiger partial charge is 0.424 e. The monoisotopic (exact) mass is 364 g/mol. The molecule has 0 unspecified atom stereocenters. The Morgan fingerprint density at radius 2 is 1.76 bits per heavy atom. The molecular weight excluding hydrogens is 340 g/mol. The Hall–Kier alpha value is -1.77. The standard InChI is InChI=1S/C17H24N4O3S/c1-3-16-18-19-17(24-16)13-20-9-4-10-21(12-11-20)25(22,23)15-7-5-14(2)6-8-15/h5-8H,3-4,9-13H2,1-2H3. The molecule has 1 saturated heterocycles. The number of hydrogen-bond donors (Lipinski definition) is 0. The van der Waals surface area contributed by atoms with Crippen LogP contribution >= 0.6 is 0 Å². The van der Waals surface area contributed by atoms with Gasteiger partial charge in [-0.25, -0.2) is 8.42 Å². The third kappa shape index (κ3) is 4.26. The van der Waals surface area contributed by atoms with Crippen LogP contribution in [0.25, 0.3) is 0 Å². The Bertz CT molecular complexity index is 802. The predicted octanol–water partition coefficient (Wildman–Crippen LogP) is 1.84. The lowest BCUT2D eigenvalue weighted by Gasteiger charge is -2.21. The Labute approximate surface area is 148 Å². The van der Waals surface area contributed by atoms with Gasteiger partial charge in [0.1, 0.15) is 0 Å². The Kier molecular flexibility index (Phi) is 5.51. The summed E-state index contributed by atoms with van der Waals surface area (Å²) in [6.07, 6.45) is 1.50. The van der Waals surface area contributed by atoms with Crippen LogP contribution in [0.3, 0.4) is 0 Å². The zero-order valence-corrected chi connectivity index (χ0v) is 15.5. The smallest absolute Gasteiger partial charge is 0.243 e. The Morgan fingerprint density at radius 1 is 1.04 bits per heavy atom. The summed E-state index contributed by atoms with van der Waals surface area (Å²) in [5.41, 5.74) is 1.05. The van der Waals surface area contributed by atoms with Gasteiger partial charge >= 0.3 is 0 Å². The average Bonchev–Trinajstić information content (AvgIpc) is 2.91. The van der Waals surface area contributed by atoms with Gasteiger partial charge < -0.3 is 4.42 Å². The first-order valence-electron chi connectivity index (χ1n) is 8.59. The van der Waals surface area contributed by atoms with Gasteiger partial charge in [0, 0.05) is 26.1 Å². The van der Waals surface area contributed by atoms with Gasteiger partial charge in [0.05, 0.1) is 11.4 Å². The van der Waals surface area contributed by atoms with E-state index < -0.39 is 10.0 Å². The third-order valence-electron chi connectivity index (χ3n) is 4.38. The van der Waals surface area contributed by atoms with Gasteiger partial charge in [0.15, 0.2) is 0 Å². The van der Waals surface area contributed by atoms with Gasteiger partial charge in [-0.2, -0.15) is 4.31 Å². The second-order valence-electron chi connectivity index (χ2n) is 6.29. The molecule has 0 aliphatic carbocycles. The summed E-state index contributed by atoms with van der Waals surface area (Å²) in [5, 5.41) is 8.02. The molecule has 1 aromatic heterocycles. The normalized spacial score (nSPS) is 17.5. The van der Waals surface area contributed by atoms with Crippen molar-refractivity contribution in [3.63, 3.8) is 0 Å². The molecule has 7 nitrogen and oxygen atoms in total. The highest BCUT2D eigenvalue weighted by Crippen LogP contribution is 2.19. The van der Waals surface area contributed by atoms with E-state index in [-0.39, 0.29) is 0 Å². The van der Waals surface area contributed by atoms with Crippen molar-refractivity contribution in [1.82, 2.24) is 19.4 Å². The highest BCUT2D eigenvalue weighted by molar-refractivity contribution is 7.89. The summed E-state index contributed by atoms with van der Waals surface area (Å²) in [6.45, 7) is 6.92. The van der Waals surface area contributed by atoms with Crippen molar-refractivity contribution < 1.29 is 12.8 Å². The second kappa shape index (κ2) is 7.63. The molecule has 1 aliphatic rings. The lowest BCUT2D eigenvalue weighted by Crippen LogP contribution is -2.35. The van der Waals surface area contributed by atoms with E-state index in [0.717, 1.165) is 24.9 Å². The summed E-state index contributed by atoms with van der Waals surface area (Å²) in [7, 11) is -3.44. The lowest BCUT2D eigenvalue weighted by molar-refractivity contribution is 0.247. The number of sulfonamides is 1. The molecule has 0 spiro atoms. The highest BCUT2D eigenvalue weighted by atomic mass is 32.2. The molecule has 0 amide bonds. The van der Waals surface area contributed by atoms with Crippen molar-refractivity contribution in [1.29, 1.82) is 0 Å². The van der Waals surface area contributed by atoms with E-state index in [1.54, 1.807) is 16.4 Å². The lowest BCUT2D eigenvalue weighted by atomic mass is 10.2. The van der Waals surface area contributed by atoms with Crippen LogP contribution in [0, 0.1) is 6.92 Å². The van der Waals surface area contributed by atoms with E-state index in [2.05, 4.69) is 15.1 Å². The summed E-state index contributed by atoms with van der Waals surface area (Å²) in [6, 6.07) is 7.02. The molecule has 0 N–H and O–H groups in total. The maximum Gasteiger partial charge on any atom is 0.243 e. The fourth-order valence-electron chi connectivity index (χ4n) is 2.89. The minimum atomic E-state index is -3.44. The van der Waals surface area contributed by atoms with E-state index in [1.165, 1.54) is 0 Å². The maximum atomic E-state index is 12.8. The highest BCUT2D eigenvalue weighted by Gasteiger charge is 2.27. The van der Waals surface area contributed by atoms with Gasteiger partial charge in [-0.1, -0.05) is 24.6 Å². The molecule has 1 fully saturated rings. The predicted molar refractivity (Wildman–Crippen MR) is 93.5 cm³/mol. The van der Waals surface area contributed by atoms with Crippen molar-refractivity contribution in [3.8, 4) is 0 Å². The second-order valence-corrected chi connectivity index (χ2v) is 8.23. The summed E-state index contributed by atoms with van der Waals surface area (Å²) in [5.74, 6) is 1.22. The Morgan fingerprint density at radius 3 is 2.44 bits per heavy atom. The van der Waals surface area contributed by atoms with Gasteiger partial charge in [0.2, 0.25) is 21.8 Å². The van der Waals surface area contributed by atoms with E-state index in [9.17, 15) is 8.42 Å². The van der Waals surface area contributed by atoms with E-state index >= 15 is 0 Å². The summed E-state index contributed by atoms with van der Waals surface area (Å²) < 4.78 is 32.8. The fraction of sp³-hybridized carbons (Fsp3) is 0.529. The van der Waals surface area contributed by atoms with Crippen LogP contribution in [0.4, 0.5) is 0 Å². The van der Waals surface area contributed by atoms with Crippen molar-refractivity contribution in [2.75, 3.05) is 26.2 Å². The molecule has 0 bridgehead atoms. The molecule has 25 heavy (non-hydrogen) atoms. The summed E-state index contributed by atoms with van der Waals surface area (Å²) >= 11 is 0. The molecular formula is C17H24N4O3S. The van der Waals surface area contributed by atoms with Crippen LogP contribution in [0.1, 0.15) is 30.7 Å². The van der Waals surface area contributed by atoms with Crippen molar-refractivity contribution >= 4 is 10.0 Å². The van der Waals surface area contributed by atoms with Crippen LogP contribution in [0.2, 0.25) is 0 Å². The molecule has 136 valence electrons. The molecule has 1 aromatic carbocycles. The maximum absolute atomic E-state index is 12.8. The minimum absolute atomic E-state index is 0.357. The first-order valence-corrected chi connectivity index (χ1v) is 10.0. The van der Waals surface area contributed by atoms with Crippen LogP contribution in [-0.4, -0.2) is 54.0 Å². The summed E-state index contributed by atoms with van der Waals surface area (Å²) in [4.78, 5) is 2.52. The fourth-order valence-corrected chi connectivity index (χ4v) is 4.36. The third-order valence-corrected chi connectivity index (χ3v) is 6.29. The first-order chi connectivity index (χ1) is 12.0. The molecule has 2 heterocycles.